The Morgan fingerprint density at radius 3 is 2.54 bits per heavy atom. The second kappa shape index (κ2) is 11.8. The highest BCUT2D eigenvalue weighted by atomic mass is 35.5. The fraction of sp³-hybridized carbons (Fsp3) is 0.360. The summed E-state index contributed by atoms with van der Waals surface area (Å²) in [4.78, 5) is 6.68. The molecule has 0 radical (unpaired) electrons. The second-order valence-corrected chi connectivity index (χ2v) is 11.7. The molecule has 9 nitrogen and oxygen atoms in total. The summed E-state index contributed by atoms with van der Waals surface area (Å²) in [6, 6.07) is 9.01. The number of rotatable bonds is 9. The zero-order chi connectivity index (χ0) is 26.6. The Hall–Kier alpha value is -2.65. The highest BCUT2D eigenvalue weighted by molar-refractivity contribution is 8.24. The molecule has 2 aromatic carbocycles. The van der Waals surface area contributed by atoms with Crippen LogP contribution in [0.2, 0.25) is 10.0 Å². The quantitative estimate of drug-likeness (QED) is 0.267. The van der Waals surface area contributed by atoms with Gasteiger partial charge < -0.3 is 24.4 Å². The van der Waals surface area contributed by atoms with Crippen LogP contribution in [0.15, 0.2) is 30.5 Å². The van der Waals surface area contributed by atoms with E-state index >= 15 is 0 Å². The fourth-order valence-electron chi connectivity index (χ4n) is 4.13. The van der Waals surface area contributed by atoms with E-state index in [2.05, 4.69) is 21.3 Å². The smallest absolute Gasteiger partial charge is 0.187 e. The predicted molar refractivity (Wildman–Crippen MR) is 148 cm³/mol. The van der Waals surface area contributed by atoms with Crippen LogP contribution >= 0.6 is 33.8 Å². The molecular formula is C25H28Cl2N4O5S. The van der Waals surface area contributed by atoms with Crippen molar-refractivity contribution in [3.05, 3.63) is 46.1 Å². The van der Waals surface area contributed by atoms with Gasteiger partial charge in [-0.15, -0.1) is 0 Å². The van der Waals surface area contributed by atoms with Gasteiger partial charge in [0.25, 0.3) is 0 Å². The number of ether oxygens (including phenoxy) is 3. The van der Waals surface area contributed by atoms with Crippen molar-refractivity contribution in [2.45, 2.75) is 6.42 Å². The largest absolute Gasteiger partial charge is 0.495 e. The summed E-state index contributed by atoms with van der Waals surface area (Å²) in [5.74, 6) is 2.28. The summed E-state index contributed by atoms with van der Waals surface area (Å²) in [6.45, 7) is 2.60. The van der Waals surface area contributed by atoms with Crippen LogP contribution < -0.4 is 19.5 Å². The summed E-state index contributed by atoms with van der Waals surface area (Å²) >= 11 is 12.6. The summed E-state index contributed by atoms with van der Waals surface area (Å²) in [5, 5.41) is 14.4. The maximum Gasteiger partial charge on any atom is 0.187 e. The van der Waals surface area contributed by atoms with Crippen molar-refractivity contribution in [3.63, 3.8) is 0 Å². The minimum atomic E-state index is -2.40. The number of hydrogen-bond acceptors (Lipinski definition) is 9. The average Bonchev–Trinajstić information content (AvgIpc) is 2.88. The van der Waals surface area contributed by atoms with Crippen molar-refractivity contribution in [1.82, 2.24) is 9.88 Å². The lowest BCUT2D eigenvalue weighted by Crippen LogP contribution is -2.39. The van der Waals surface area contributed by atoms with Gasteiger partial charge in [-0.3, -0.25) is 14.1 Å². The van der Waals surface area contributed by atoms with Gasteiger partial charge in [0, 0.05) is 37.3 Å². The lowest BCUT2D eigenvalue weighted by atomic mass is 10.1. The van der Waals surface area contributed by atoms with Crippen LogP contribution in [0.4, 0.5) is 11.4 Å². The van der Waals surface area contributed by atoms with Gasteiger partial charge in [-0.05, 0) is 24.6 Å². The van der Waals surface area contributed by atoms with Crippen LogP contribution in [0.3, 0.4) is 0 Å². The first-order valence-corrected chi connectivity index (χ1v) is 14.2. The second-order valence-electron chi connectivity index (χ2n) is 8.50. The summed E-state index contributed by atoms with van der Waals surface area (Å²) in [7, 11) is 0.656. The van der Waals surface area contributed by atoms with E-state index in [4.69, 9.17) is 37.4 Å². The Bertz CT molecular complexity index is 1320. The number of fused-ring (bicyclic) bond motifs is 1. The molecule has 1 aliphatic heterocycles. The van der Waals surface area contributed by atoms with E-state index < -0.39 is 10.6 Å². The number of nitrogens with zero attached hydrogens (tertiary/aromatic N) is 3. The number of anilines is 2. The molecule has 4 rings (SSSR count). The molecule has 1 saturated heterocycles. The number of hydrogen-bond donors (Lipinski definition) is 3. The zero-order valence-corrected chi connectivity index (χ0v) is 22.8. The van der Waals surface area contributed by atoms with E-state index in [0.717, 1.165) is 13.0 Å². The molecule has 12 heteroatoms. The third-order valence-corrected chi connectivity index (χ3v) is 8.41. The molecule has 0 amide bonds. The Labute approximate surface area is 227 Å². The number of benzene rings is 2. The minimum Gasteiger partial charge on any atom is -0.495 e. The molecule has 0 bridgehead atoms. The Morgan fingerprint density at radius 1 is 1.11 bits per heavy atom. The molecule has 1 aromatic heterocycles. The number of nitrogens with one attached hydrogen (secondary N) is 1. The van der Waals surface area contributed by atoms with Crippen molar-refractivity contribution in [2.75, 3.05) is 57.3 Å². The van der Waals surface area contributed by atoms with Gasteiger partial charge in [-0.1, -0.05) is 23.2 Å². The summed E-state index contributed by atoms with van der Waals surface area (Å²) < 4.78 is 36.5. The van der Waals surface area contributed by atoms with Crippen molar-refractivity contribution in [1.29, 1.82) is 5.26 Å². The van der Waals surface area contributed by atoms with Gasteiger partial charge in [0.1, 0.15) is 17.3 Å². The van der Waals surface area contributed by atoms with Gasteiger partial charge in [0.05, 0.1) is 59.3 Å². The molecule has 0 unspecified atom stereocenters. The lowest BCUT2D eigenvalue weighted by molar-refractivity contribution is 0.237. The van der Waals surface area contributed by atoms with Gasteiger partial charge in [0.15, 0.2) is 11.5 Å². The molecule has 37 heavy (non-hydrogen) atoms. The van der Waals surface area contributed by atoms with E-state index in [0.29, 0.717) is 86.3 Å². The topological polar surface area (TPSA) is 120 Å². The predicted octanol–water partition coefficient (Wildman–Crippen LogP) is 6.01. The molecule has 0 spiro atoms. The zero-order valence-electron chi connectivity index (χ0n) is 20.5. The average molecular weight is 567 g/mol. The van der Waals surface area contributed by atoms with Crippen LogP contribution in [0.5, 0.6) is 17.2 Å². The molecule has 198 valence electrons. The van der Waals surface area contributed by atoms with Crippen molar-refractivity contribution >= 4 is 56.1 Å². The normalized spacial score (nSPS) is 16.1. The first-order valence-electron chi connectivity index (χ1n) is 11.5. The SMILES string of the molecule is COc1cc(Nc2c(C#N)cnc3c(OC)c(OCCCN4CCS(O)(O)CC4)ccc23)c(Cl)cc1Cl. The first-order chi connectivity index (χ1) is 17.8. The molecule has 0 saturated carbocycles. The molecule has 3 N–H and O–H groups in total. The maximum absolute atomic E-state index is 9.77. The van der Waals surface area contributed by atoms with Gasteiger partial charge >= 0.3 is 0 Å². The molecule has 0 atom stereocenters. The molecule has 1 aliphatic rings. The van der Waals surface area contributed by atoms with Gasteiger partial charge in [0.2, 0.25) is 0 Å². The van der Waals surface area contributed by atoms with E-state index in [1.165, 1.54) is 13.3 Å². The van der Waals surface area contributed by atoms with E-state index in [1.807, 2.05) is 6.07 Å². The third-order valence-electron chi connectivity index (χ3n) is 6.13. The van der Waals surface area contributed by atoms with E-state index in [9.17, 15) is 14.4 Å². The van der Waals surface area contributed by atoms with Crippen LogP contribution in [0.1, 0.15) is 12.0 Å². The standard InChI is InChI=1S/C25H28Cl2N4O5S/c1-34-22-13-20(18(26)12-19(22)27)30-23-16(14-28)15-29-24-17(23)4-5-21(25(24)35-2)36-9-3-6-31-7-10-37(32,33)11-8-31/h4-5,12-13,15,32-33H,3,6-11H2,1-2H3,(H,29,30). The van der Waals surface area contributed by atoms with Crippen molar-refractivity contribution < 1.29 is 23.3 Å². The van der Waals surface area contributed by atoms with Crippen LogP contribution in [0.25, 0.3) is 10.9 Å². The van der Waals surface area contributed by atoms with E-state index in [-0.39, 0.29) is 0 Å². The van der Waals surface area contributed by atoms with Gasteiger partial charge in [-0.2, -0.15) is 15.9 Å². The molecule has 0 aliphatic carbocycles. The summed E-state index contributed by atoms with van der Waals surface area (Å²) in [5.41, 5.74) is 1.89. The number of halogens is 2. The Morgan fingerprint density at radius 2 is 1.86 bits per heavy atom. The molecule has 2 heterocycles. The van der Waals surface area contributed by atoms with Crippen LogP contribution in [-0.2, 0) is 0 Å². The minimum absolute atomic E-state index is 0.325. The molecule has 1 fully saturated rings. The van der Waals surface area contributed by atoms with Crippen molar-refractivity contribution in [2.24, 2.45) is 0 Å². The number of pyridine rings is 1. The van der Waals surface area contributed by atoms with Crippen molar-refractivity contribution in [3.8, 4) is 23.3 Å². The molecule has 3 aromatic rings. The number of nitriles is 1. The van der Waals surface area contributed by atoms with Gasteiger partial charge in [-0.25, -0.2) is 0 Å². The summed E-state index contributed by atoms with van der Waals surface area (Å²) in [6.07, 6.45) is 2.24. The highest BCUT2D eigenvalue weighted by Crippen LogP contribution is 2.42. The molecular weight excluding hydrogens is 539 g/mol. The first kappa shape index (κ1) is 27.4. The van der Waals surface area contributed by atoms with Crippen LogP contribution in [-0.4, -0.2) is 71.0 Å². The highest BCUT2D eigenvalue weighted by Gasteiger charge is 2.22. The number of aromatic nitrogens is 1. The lowest BCUT2D eigenvalue weighted by Gasteiger charge is -2.40. The fourth-order valence-corrected chi connectivity index (χ4v) is 5.94. The van der Waals surface area contributed by atoms with Crippen LogP contribution in [0, 0.1) is 11.3 Å². The Balaban J connectivity index is 1.55. The number of methoxy groups -OCH3 is 2. The third kappa shape index (κ3) is 6.26. The monoisotopic (exact) mass is 566 g/mol. The maximum atomic E-state index is 9.77. The van der Waals surface area contributed by atoms with E-state index in [1.54, 1.807) is 25.3 Å². The Kier molecular flexibility index (Phi) is 8.75.